The minimum absolute atomic E-state index is 0.0368. The minimum Gasteiger partial charge on any atom is -0.384 e. The highest BCUT2D eigenvalue weighted by molar-refractivity contribution is 7.22. The van der Waals surface area contributed by atoms with Crippen LogP contribution in [0.25, 0.3) is 21.3 Å². The first-order valence-electron chi connectivity index (χ1n) is 11.6. The lowest BCUT2D eigenvalue weighted by Crippen LogP contribution is -2.54. The average molecular weight is 477 g/mol. The Morgan fingerprint density at radius 3 is 2.82 bits per heavy atom. The van der Waals surface area contributed by atoms with Gasteiger partial charge in [0, 0.05) is 44.3 Å². The zero-order chi connectivity index (χ0) is 23.8. The van der Waals surface area contributed by atoms with Crippen molar-refractivity contribution >= 4 is 38.4 Å². The van der Waals surface area contributed by atoms with Crippen LogP contribution in [-0.2, 0) is 9.53 Å². The molecule has 1 saturated carbocycles. The quantitative estimate of drug-likeness (QED) is 0.577. The number of piperazine rings is 1. The number of amides is 1. The Morgan fingerprint density at radius 2 is 2.12 bits per heavy atom. The lowest BCUT2D eigenvalue weighted by atomic mass is 9.98. The number of hydrogen-bond donors (Lipinski definition) is 1. The fraction of sp³-hybridized carbons (Fsp3) is 0.440. The number of methoxy groups -OCH3 is 1. The molecule has 176 valence electrons. The number of carbonyl (C=O) groups is 1. The fourth-order valence-electron chi connectivity index (χ4n) is 4.70. The summed E-state index contributed by atoms with van der Waals surface area (Å²) < 4.78 is 6.09. The van der Waals surface area contributed by atoms with Crippen LogP contribution in [0.2, 0.25) is 0 Å². The van der Waals surface area contributed by atoms with Crippen molar-refractivity contribution in [2.75, 3.05) is 44.0 Å². The lowest BCUT2D eigenvalue weighted by molar-refractivity contribution is -0.134. The third-order valence-corrected chi connectivity index (χ3v) is 7.45. The monoisotopic (exact) mass is 476 g/mol. The van der Waals surface area contributed by atoms with Gasteiger partial charge in [-0.15, -0.1) is 0 Å². The highest BCUT2D eigenvalue weighted by atomic mass is 32.1. The molecule has 9 heteroatoms. The molecule has 3 heterocycles. The number of fused-ring (bicyclic) bond motifs is 1. The normalized spacial score (nSPS) is 18.3. The molecule has 5 rings (SSSR count). The summed E-state index contributed by atoms with van der Waals surface area (Å²) in [5.74, 6) is 1.25. The highest BCUT2D eigenvalue weighted by Crippen LogP contribution is 2.45. The van der Waals surface area contributed by atoms with E-state index in [0.29, 0.717) is 49.3 Å². The summed E-state index contributed by atoms with van der Waals surface area (Å²) in [6.07, 6.45) is 2.61. The zero-order valence-corrected chi connectivity index (χ0v) is 20.3. The number of anilines is 2. The molecule has 2 N–H and O–H groups in total. The third-order valence-electron chi connectivity index (χ3n) is 6.60. The van der Waals surface area contributed by atoms with E-state index in [1.54, 1.807) is 7.11 Å². The van der Waals surface area contributed by atoms with E-state index in [0.717, 1.165) is 45.7 Å². The Balaban J connectivity index is 1.47. The van der Waals surface area contributed by atoms with Gasteiger partial charge in [-0.25, -0.2) is 9.97 Å². The molecule has 1 atom stereocenters. The van der Waals surface area contributed by atoms with Gasteiger partial charge in [-0.1, -0.05) is 17.4 Å². The Morgan fingerprint density at radius 1 is 1.29 bits per heavy atom. The number of pyridine rings is 1. The Hall–Kier alpha value is -3.22. The Labute approximate surface area is 203 Å². The van der Waals surface area contributed by atoms with Gasteiger partial charge in [-0.05, 0) is 43.5 Å². The number of ether oxygens (including phenoxy) is 1. The maximum Gasteiger partial charge on any atom is 0.225 e. The van der Waals surface area contributed by atoms with Gasteiger partial charge in [0.15, 0.2) is 5.13 Å². The molecule has 1 aliphatic heterocycles. The smallest absolute Gasteiger partial charge is 0.225 e. The van der Waals surface area contributed by atoms with Crippen molar-refractivity contribution in [2.24, 2.45) is 0 Å². The molecule has 2 aliphatic rings. The van der Waals surface area contributed by atoms with E-state index in [1.807, 2.05) is 23.1 Å². The van der Waals surface area contributed by atoms with Gasteiger partial charge in [0.1, 0.15) is 11.9 Å². The van der Waals surface area contributed by atoms with E-state index < -0.39 is 0 Å². The summed E-state index contributed by atoms with van der Waals surface area (Å²) in [4.78, 5) is 26.0. The molecule has 2 aromatic heterocycles. The van der Waals surface area contributed by atoms with E-state index in [-0.39, 0.29) is 11.9 Å². The largest absolute Gasteiger partial charge is 0.384 e. The molecule has 0 radical (unpaired) electrons. The van der Waals surface area contributed by atoms with E-state index in [1.165, 1.54) is 11.3 Å². The zero-order valence-electron chi connectivity index (χ0n) is 19.5. The van der Waals surface area contributed by atoms with Crippen molar-refractivity contribution in [3.63, 3.8) is 0 Å². The van der Waals surface area contributed by atoms with Crippen molar-refractivity contribution in [1.82, 2.24) is 14.9 Å². The lowest BCUT2D eigenvalue weighted by Gasteiger charge is -2.41. The Bertz CT molecular complexity index is 1280. The van der Waals surface area contributed by atoms with Crippen LogP contribution in [0.3, 0.4) is 0 Å². The predicted octanol–water partition coefficient (Wildman–Crippen LogP) is 3.76. The predicted molar refractivity (Wildman–Crippen MR) is 134 cm³/mol. The molecule has 1 amide bonds. The number of nitriles is 1. The highest BCUT2D eigenvalue weighted by Gasteiger charge is 2.33. The molecule has 0 bridgehead atoms. The third kappa shape index (κ3) is 4.31. The molecule has 1 aromatic carbocycles. The summed E-state index contributed by atoms with van der Waals surface area (Å²) in [6.45, 7) is 4.39. The first-order chi connectivity index (χ1) is 16.5. The fourth-order valence-corrected chi connectivity index (χ4v) is 5.48. The number of rotatable bonds is 6. The van der Waals surface area contributed by atoms with Crippen LogP contribution in [-0.4, -0.2) is 60.2 Å². The summed E-state index contributed by atoms with van der Waals surface area (Å²) in [5, 5.41) is 10.6. The van der Waals surface area contributed by atoms with E-state index in [9.17, 15) is 10.1 Å². The number of hydrogen-bond acceptors (Lipinski definition) is 8. The van der Waals surface area contributed by atoms with Gasteiger partial charge in [0.05, 0.1) is 34.5 Å². The van der Waals surface area contributed by atoms with Crippen LogP contribution in [0.5, 0.6) is 0 Å². The number of nitrogens with two attached hydrogens (primary N) is 1. The molecule has 0 spiro atoms. The number of nitrogen functional groups attached to an aromatic ring is 1. The van der Waals surface area contributed by atoms with Crippen LogP contribution < -0.4 is 10.6 Å². The number of thiazole rings is 1. The van der Waals surface area contributed by atoms with Gasteiger partial charge >= 0.3 is 0 Å². The molecule has 1 aliphatic carbocycles. The van der Waals surface area contributed by atoms with E-state index in [2.05, 4.69) is 28.9 Å². The van der Waals surface area contributed by atoms with Crippen LogP contribution in [0.1, 0.15) is 43.4 Å². The topological polar surface area (TPSA) is 108 Å². The van der Waals surface area contributed by atoms with Crippen molar-refractivity contribution in [3.05, 3.63) is 35.5 Å². The number of aromatic nitrogens is 2. The first-order valence-corrected chi connectivity index (χ1v) is 12.4. The van der Waals surface area contributed by atoms with Crippen molar-refractivity contribution in [3.8, 4) is 17.2 Å². The van der Waals surface area contributed by atoms with Crippen molar-refractivity contribution < 1.29 is 9.53 Å². The summed E-state index contributed by atoms with van der Waals surface area (Å²) >= 11 is 1.47. The second kappa shape index (κ2) is 9.20. The van der Waals surface area contributed by atoms with Gasteiger partial charge in [0.2, 0.25) is 5.91 Å². The SMILES string of the molecule is COCCC(=O)N1CCN(c2nc(C3CC3)c(-c3ccc4nc(N)sc4c3)cc2C#N)C[C@H]1C. The van der Waals surface area contributed by atoms with Gasteiger partial charge in [0.25, 0.3) is 0 Å². The molecule has 1 saturated heterocycles. The van der Waals surface area contributed by atoms with Crippen LogP contribution in [0.4, 0.5) is 10.9 Å². The average Bonchev–Trinajstić information content (AvgIpc) is 3.61. The minimum atomic E-state index is 0.0368. The van der Waals surface area contributed by atoms with Crippen LogP contribution in [0.15, 0.2) is 24.3 Å². The second-order valence-electron chi connectivity index (χ2n) is 9.04. The molecule has 2 fully saturated rings. The van der Waals surface area contributed by atoms with E-state index in [4.69, 9.17) is 15.5 Å². The standard InChI is InChI=1S/C25H28N6O2S/c1-15-14-30(8-9-31(15)22(32)7-10-33-2)24-18(13-26)11-19(23(29-24)16-3-4-16)17-5-6-20-21(12-17)34-25(27)28-20/h5-6,11-12,15-16H,3-4,7-10,14H2,1-2H3,(H2,27,28)/t15-/m1/s1. The molecule has 8 nitrogen and oxygen atoms in total. The molecular weight excluding hydrogens is 448 g/mol. The van der Waals surface area contributed by atoms with Gasteiger partial charge < -0.3 is 20.3 Å². The van der Waals surface area contributed by atoms with E-state index >= 15 is 0 Å². The van der Waals surface area contributed by atoms with Crippen LogP contribution in [0, 0.1) is 11.3 Å². The maximum atomic E-state index is 12.5. The van der Waals surface area contributed by atoms with Gasteiger partial charge in [-0.3, -0.25) is 4.79 Å². The Kier molecular flexibility index (Phi) is 6.11. The number of carbonyl (C=O) groups excluding carboxylic acids is 1. The van der Waals surface area contributed by atoms with Crippen molar-refractivity contribution in [2.45, 2.75) is 38.1 Å². The number of benzene rings is 1. The van der Waals surface area contributed by atoms with Crippen molar-refractivity contribution in [1.29, 1.82) is 5.26 Å². The molecule has 34 heavy (non-hydrogen) atoms. The number of nitrogens with zero attached hydrogens (tertiary/aromatic N) is 5. The van der Waals surface area contributed by atoms with Crippen LogP contribution >= 0.6 is 11.3 Å². The molecule has 0 unspecified atom stereocenters. The maximum absolute atomic E-state index is 12.5. The molecule has 3 aromatic rings. The second-order valence-corrected chi connectivity index (χ2v) is 10.1. The summed E-state index contributed by atoms with van der Waals surface area (Å²) in [6, 6.07) is 10.5. The summed E-state index contributed by atoms with van der Waals surface area (Å²) in [7, 11) is 1.61. The molecular formula is C25H28N6O2S. The summed E-state index contributed by atoms with van der Waals surface area (Å²) in [5.41, 5.74) is 10.4. The first kappa shape index (κ1) is 22.6. The van der Waals surface area contributed by atoms with Gasteiger partial charge in [-0.2, -0.15) is 5.26 Å².